The van der Waals surface area contributed by atoms with Crippen LogP contribution >= 0.6 is 0 Å². The highest BCUT2D eigenvalue weighted by molar-refractivity contribution is 4.85. The van der Waals surface area contributed by atoms with Gasteiger partial charge in [0.1, 0.15) is 0 Å². The van der Waals surface area contributed by atoms with E-state index in [9.17, 15) is 0 Å². The zero-order valence-corrected chi connectivity index (χ0v) is 10.6. The first-order valence-electron chi connectivity index (χ1n) is 6.60. The molecule has 2 rings (SSSR count). The highest BCUT2D eigenvalue weighted by atomic mass is 15.2. The number of hydrogen-bond acceptors (Lipinski definition) is 2. The first kappa shape index (κ1) is 11.4. The third-order valence-corrected chi connectivity index (χ3v) is 4.69. The third kappa shape index (κ3) is 2.54. The number of likely N-dealkylation sites (tertiary alicyclic amines) is 2. The van der Waals surface area contributed by atoms with Crippen molar-refractivity contribution in [3.05, 3.63) is 0 Å². The average molecular weight is 210 g/mol. The van der Waals surface area contributed by atoms with Crippen molar-refractivity contribution in [3.8, 4) is 0 Å². The topological polar surface area (TPSA) is 6.48 Å². The molecule has 3 unspecified atom stereocenters. The Bertz CT molecular complexity index is 205. The van der Waals surface area contributed by atoms with Crippen molar-refractivity contribution >= 4 is 0 Å². The van der Waals surface area contributed by atoms with Crippen LogP contribution in [0.25, 0.3) is 0 Å². The van der Waals surface area contributed by atoms with Gasteiger partial charge in [0.05, 0.1) is 0 Å². The van der Waals surface area contributed by atoms with Gasteiger partial charge in [-0.1, -0.05) is 0 Å². The molecule has 15 heavy (non-hydrogen) atoms. The molecule has 0 aliphatic carbocycles. The maximum absolute atomic E-state index is 2.59. The zero-order valence-electron chi connectivity index (χ0n) is 10.6. The minimum Gasteiger partial charge on any atom is -0.303 e. The average Bonchev–Trinajstić information content (AvgIpc) is 2.74. The molecule has 2 heteroatoms. The molecule has 2 aliphatic rings. The molecule has 0 N–H and O–H groups in total. The van der Waals surface area contributed by atoms with Gasteiger partial charge >= 0.3 is 0 Å². The van der Waals surface area contributed by atoms with E-state index >= 15 is 0 Å². The molecule has 0 radical (unpaired) electrons. The Labute approximate surface area is 94.6 Å². The summed E-state index contributed by atoms with van der Waals surface area (Å²) in [5, 5.41) is 0. The fourth-order valence-corrected chi connectivity index (χ4v) is 3.28. The molecule has 88 valence electrons. The first-order chi connectivity index (χ1) is 7.18. The summed E-state index contributed by atoms with van der Waals surface area (Å²) in [5.41, 5.74) is 0. The molecular formula is C13H26N2. The van der Waals surface area contributed by atoms with Gasteiger partial charge in [0.25, 0.3) is 0 Å². The van der Waals surface area contributed by atoms with Crippen molar-refractivity contribution in [1.29, 1.82) is 0 Å². The Morgan fingerprint density at radius 1 is 1.00 bits per heavy atom. The molecule has 2 saturated heterocycles. The molecule has 2 heterocycles. The molecule has 0 spiro atoms. The lowest BCUT2D eigenvalue weighted by Gasteiger charge is -2.26. The van der Waals surface area contributed by atoms with Crippen LogP contribution in [0.15, 0.2) is 0 Å². The maximum atomic E-state index is 2.59. The van der Waals surface area contributed by atoms with E-state index < -0.39 is 0 Å². The van der Waals surface area contributed by atoms with Gasteiger partial charge in [0.15, 0.2) is 0 Å². The van der Waals surface area contributed by atoms with Crippen molar-refractivity contribution in [3.63, 3.8) is 0 Å². The summed E-state index contributed by atoms with van der Waals surface area (Å²) >= 11 is 0. The van der Waals surface area contributed by atoms with Crippen LogP contribution in [0.2, 0.25) is 0 Å². The van der Waals surface area contributed by atoms with E-state index in [2.05, 4.69) is 30.8 Å². The van der Waals surface area contributed by atoms with E-state index in [-0.39, 0.29) is 0 Å². The molecule has 2 fully saturated rings. The standard InChI is InChI=1S/C13H26N2/c1-11-6-7-13(15(11)3)9-8-12-5-4-10-14(12)2/h11-13H,4-10H2,1-3H3. The van der Waals surface area contributed by atoms with Crippen LogP contribution < -0.4 is 0 Å². The summed E-state index contributed by atoms with van der Waals surface area (Å²) < 4.78 is 0. The highest BCUT2D eigenvalue weighted by Crippen LogP contribution is 2.27. The molecule has 0 aromatic carbocycles. The molecule has 0 saturated carbocycles. The lowest BCUT2D eigenvalue weighted by atomic mass is 10.0. The van der Waals surface area contributed by atoms with Gasteiger partial charge in [0, 0.05) is 18.1 Å². The van der Waals surface area contributed by atoms with Crippen molar-refractivity contribution in [2.24, 2.45) is 0 Å². The van der Waals surface area contributed by atoms with E-state index in [1.807, 2.05) is 0 Å². The van der Waals surface area contributed by atoms with Gasteiger partial charge < -0.3 is 9.80 Å². The first-order valence-corrected chi connectivity index (χ1v) is 6.60. The van der Waals surface area contributed by atoms with Crippen molar-refractivity contribution in [2.75, 3.05) is 20.6 Å². The highest BCUT2D eigenvalue weighted by Gasteiger charge is 2.28. The molecule has 2 aliphatic heterocycles. The van der Waals surface area contributed by atoms with Gasteiger partial charge in [-0.15, -0.1) is 0 Å². The summed E-state index contributed by atoms with van der Waals surface area (Å²) in [6, 6.07) is 2.57. The Kier molecular flexibility index (Phi) is 3.68. The van der Waals surface area contributed by atoms with Crippen LogP contribution in [0.3, 0.4) is 0 Å². The fraction of sp³-hybridized carbons (Fsp3) is 1.00. The number of rotatable bonds is 3. The predicted molar refractivity (Wildman–Crippen MR) is 65.1 cm³/mol. The second kappa shape index (κ2) is 4.84. The van der Waals surface area contributed by atoms with Crippen LogP contribution in [0.1, 0.15) is 45.4 Å². The Morgan fingerprint density at radius 2 is 1.73 bits per heavy atom. The molecule has 3 atom stereocenters. The molecule has 0 amide bonds. The van der Waals surface area contributed by atoms with Gasteiger partial charge in [-0.25, -0.2) is 0 Å². The normalized spacial score (nSPS) is 39.0. The van der Waals surface area contributed by atoms with Gasteiger partial charge in [-0.05, 0) is 66.1 Å². The van der Waals surface area contributed by atoms with E-state index in [4.69, 9.17) is 0 Å². The lowest BCUT2D eigenvalue weighted by Crippen LogP contribution is -2.32. The molecule has 0 bridgehead atoms. The van der Waals surface area contributed by atoms with E-state index in [0.717, 1.165) is 18.1 Å². The predicted octanol–water partition coefficient (Wildman–Crippen LogP) is 2.34. The summed E-state index contributed by atoms with van der Waals surface area (Å²) in [4.78, 5) is 5.15. The Balaban J connectivity index is 1.73. The second-order valence-corrected chi connectivity index (χ2v) is 5.60. The smallest absolute Gasteiger partial charge is 0.00961 e. The maximum Gasteiger partial charge on any atom is 0.00961 e. The van der Waals surface area contributed by atoms with Crippen molar-refractivity contribution in [2.45, 2.75) is 63.6 Å². The minimum absolute atomic E-state index is 0.816. The SMILES string of the molecule is CC1CCC(CCC2CCCN2C)N1C. The van der Waals surface area contributed by atoms with E-state index in [1.165, 1.54) is 45.1 Å². The monoisotopic (exact) mass is 210 g/mol. The zero-order chi connectivity index (χ0) is 10.8. The van der Waals surface area contributed by atoms with Gasteiger partial charge in [-0.2, -0.15) is 0 Å². The van der Waals surface area contributed by atoms with Gasteiger partial charge in [0.2, 0.25) is 0 Å². The third-order valence-electron chi connectivity index (χ3n) is 4.69. The molecule has 2 nitrogen and oxygen atoms in total. The minimum atomic E-state index is 0.816. The molecule has 0 aromatic rings. The van der Waals surface area contributed by atoms with Crippen molar-refractivity contribution < 1.29 is 0 Å². The largest absolute Gasteiger partial charge is 0.303 e. The van der Waals surface area contributed by atoms with E-state index in [0.29, 0.717) is 0 Å². The van der Waals surface area contributed by atoms with Crippen molar-refractivity contribution in [1.82, 2.24) is 9.80 Å². The second-order valence-electron chi connectivity index (χ2n) is 5.60. The van der Waals surface area contributed by atoms with Crippen LogP contribution in [-0.4, -0.2) is 48.6 Å². The van der Waals surface area contributed by atoms with Crippen LogP contribution in [-0.2, 0) is 0 Å². The fourth-order valence-electron chi connectivity index (χ4n) is 3.28. The summed E-state index contributed by atoms with van der Waals surface area (Å²) in [5.74, 6) is 0. The van der Waals surface area contributed by atoms with E-state index in [1.54, 1.807) is 0 Å². The van der Waals surface area contributed by atoms with Crippen LogP contribution in [0.5, 0.6) is 0 Å². The summed E-state index contributed by atoms with van der Waals surface area (Å²) in [6.07, 6.45) is 8.50. The van der Waals surface area contributed by atoms with Gasteiger partial charge in [-0.3, -0.25) is 0 Å². The van der Waals surface area contributed by atoms with Crippen LogP contribution in [0, 0.1) is 0 Å². The Morgan fingerprint density at radius 3 is 2.27 bits per heavy atom. The lowest BCUT2D eigenvalue weighted by molar-refractivity contribution is 0.216. The molecule has 0 aromatic heterocycles. The molecular weight excluding hydrogens is 184 g/mol. The Hall–Kier alpha value is -0.0800. The summed E-state index contributed by atoms with van der Waals surface area (Å²) in [6.45, 7) is 3.68. The number of hydrogen-bond donors (Lipinski definition) is 0. The summed E-state index contributed by atoms with van der Waals surface area (Å²) in [7, 11) is 4.60. The van der Waals surface area contributed by atoms with Crippen LogP contribution in [0.4, 0.5) is 0 Å². The quantitative estimate of drug-likeness (QED) is 0.705. The number of nitrogens with zero attached hydrogens (tertiary/aromatic N) is 2.